The summed E-state index contributed by atoms with van der Waals surface area (Å²) in [7, 11) is 2.58. The number of nitrogens with zero attached hydrogens (tertiary/aromatic N) is 1. The lowest BCUT2D eigenvalue weighted by Gasteiger charge is -2.37. The molecule has 0 aliphatic heterocycles. The SMILES string of the molecule is CN(C)C(=O)c1cc(C(Cc2ccccc2)(NC(=O)c2ccc(F)c(C(F)(F)F)c2)c2cc(F)cc(OC(F)(F)C(F)F)c2)ccc1F. The lowest BCUT2D eigenvalue weighted by molar-refractivity contribution is -0.253. The Morgan fingerprint density at radius 2 is 1.44 bits per heavy atom. The van der Waals surface area contributed by atoms with Crippen LogP contribution in [0.25, 0.3) is 0 Å². The van der Waals surface area contributed by atoms with Gasteiger partial charge in [0.1, 0.15) is 23.2 Å². The van der Waals surface area contributed by atoms with E-state index in [1.807, 2.05) is 0 Å². The van der Waals surface area contributed by atoms with Crippen LogP contribution in [0.4, 0.5) is 43.9 Å². The van der Waals surface area contributed by atoms with Gasteiger partial charge in [-0.3, -0.25) is 9.59 Å². The van der Waals surface area contributed by atoms with Gasteiger partial charge in [0.2, 0.25) is 0 Å². The Morgan fingerprint density at radius 3 is 2.04 bits per heavy atom. The average molecular weight is 687 g/mol. The first kappa shape index (κ1) is 35.8. The number of carbonyl (C=O) groups excluding carboxylic acids is 2. The number of carbonyl (C=O) groups is 2. The molecule has 48 heavy (non-hydrogen) atoms. The van der Waals surface area contributed by atoms with Crippen molar-refractivity contribution in [2.75, 3.05) is 14.1 Å². The molecule has 15 heteroatoms. The first-order valence-corrected chi connectivity index (χ1v) is 13.7. The topological polar surface area (TPSA) is 58.6 Å². The second-order valence-corrected chi connectivity index (χ2v) is 10.7. The standard InChI is InChI=1S/C33H24F10N2O3/c1-45(2)29(47)24-15-20(9-11-26(24)35)31(17-18-6-4-3-5-7-18,21-13-22(34)16-23(14-21)48-33(42,43)30(37)38)44-28(46)19-8-10-27(36)25(12-19)32(39,40)41/h3-16,30H,17H2,1-2H3,(H,44,46). The molecule has 1 atom stereocenters. The van der Waals surface area contributed by atoms with E-state index < -0.39 is 87.9 Å². The Labute approximate surface area is 266 Å². The first-order valence-electron chi connectivity index (χ1n) is 13.7. The van der Waals surface area contributed by atoms with Gasteiger partial charge in [0.25, 0.3) is 11.8 Å². The Hall–Kier alpha value is -5.08. The fourth-order valence-electron chi connectivity index (χ4n) is 4.88. The minimum atomic E-state index is -5.23. The van der Waals surface area contributed by atoms with Gasteiger partial charge in [-0.25, -0.2) is 13.2 Å². The molecule has 0 radical (unpaired) electrons. The van der Waals surface area contributed by atoms with Gasteiger partial charge in [0, 0.05) is 32.1 Å². The Morgan fingerprint density at radius 1 is 0.792 bits per heavy atom. The lowest BCUT2D eigenvalue weighted by Crippen LogP contribution is -2.49. The Bertz CT molecular complexity index is 1810. The lowest BCUT2D eigenvalue weighted by atomic mass is 9.77. The summed E-state index contributed by atoms with van der Waals surface area (Å²) in [6, 6.07) is 13.4. The molecule has 0 saturated carbocycles. The van der Waals surface area contributed by atoms with Crippen molar-refractivity contribution in [3.8, 4) is 5.75 Å². The van der Waals surface area contributed by atoms with Crippen LogP contribution in [-0.2, 0) is 18.1 Å². The highest BCUT2D eigenvalue weighted by Gasteiger charge is 2.45. The van der Waals surface area contributed by atoms with Crippen molar-refractivity contribution in [3.63, 3.8) is 0 Å². The predicted molar refractivity (Wildman–Crippen MR) is 152 cm³/mol. The van der Waals surface area contributed by atoms with E-state index in [0.29, 0.717) is 35.9 Å². The van der Waals surface area contributed by atoms with Gasteiger partial charge in [-0.1, -0.05) is 36.4 Å². The van der Waals surface area contributed by atoms with Gasteiger partial charge in [-0.2, -0.15) is 30.7 Å². The summed E-state index contributed by atoms with van der Waals surface area (Å²) in [5, 5.41) is 2.45. The Balaban J connectivity index is 2.05. The summed E-state index contributed by atoms with van der Waals surface area (Å²) >= 11 is 0. The van der Waals surface area contributed by atoms with E-state index in [1.165, 1.54) is 38.4 Å². The first-order chi connectivity index (χ1) is 22.3. The molecule has 2 amide bonds. The average Bonchev–Trinajstić information content (AvgIpc) is 3.00. The molecule has 0 aliphatic rings. The van der Waals surface area contributed by atoms with Crippen LogP contribution in [-0.4, -0.2) is 43.3 Å². The number of benzene rings is 4. The molecule has 0 aromatic heterocycles. The molecular weight excluding hydrogens is 662 g/mol. The zero-order valence-electron chi connectivity index (χ0n) is 24.8. The maximum absolute atomic E-state index is 15.1. The minimum absolute atomic E-state index is 0.201. The monoisotopic (exact) mass is 686 g/mol. The van der Waals surface area contributed by atoms with Crippen molar-refractivity contribution < 1.29 is 58.2 Å². The highest BCUT2D eigenvalue weighted by Crippen LogP contribution is 2.39. The zero-order valence-corrected chi connectivity index (χ0v) is 24.8. The molecule has 4 aromatic carbocycles. The summed E-state index contributed by atoms with van der Waals surface area (Å²) in [4.78, 5) is 27.7. The van der Waals surface area contributed by atoms with Crippen LogP contribution in [0.3, 0.4) is 0 Å². The summed E-state index contributed by atoms with van der Waals surface area (Å²) in [6.07, 6.45) is -15.2. The van der Waals surface area contributed by atoms with E-state index in [4.69, 9.17) is 0 Å². The van der Waals surface area contributed by atoms with Crippen LogP contribution in [0.1, 0.15) is 43.0 Å². The largest absolute Gasteiger partial charge is 0.461 e. The van der Waals surface area contributed by atoms with Crippen molar-refractivity contribution in [3.05, 3.63) is 136 Å². The molecule has 5 nitrogen and oxygen atoms in total. The van der Waals surface area contributed by atoms with E-state index >= 15 is 4.39 Å². The van der Waals surface area contributed by atoms with Crippen LogP contribution >= 0.6 is 0 Å². The van der Waals surface area contributed by atoms with Crippen molar-refractivity contribution in [2.45, 2.75) is 30.7 Å². The summed E-state index contributed by atoms with van der Waals surface area (Å²) < 4.78 is 143. The van der Waals surface area contributed by atoms with E-state index in [0.717, 1.165) is 23.1 Å². The van der Waals surface area contributed by atoms with E-state index in [1.54, 1.807) is 6.07 Å². The molecule has 0 saturated heterocycles. The molecule has 4 rings (SSSR count). The van der Waals surface area contributed by atoms with Crippen LogP contribution in [0.15, 0.2) is 84.9 Å². The molecule has 0 fully saturated rings. The van der Waals surface area contributed by atoms with Crippen LogP contribution in [0.5, 0.6) is 5.75 Å². The quantitative estimate of drug-likeness (QED) is 0.172. The minimum Gasteiger partial charge on any atom is -0.428 e. The number of alkyl halides is 7. The van der Waals surface area contributed by atoms with Crippen molar-refractivity contribution in [1.29, 1.82) is 0 Å². The van der Waals surface area contributed by atoms with Crippen molar-refractivity contribution >= 4 is 11.8 Å². The number of ether oxygens (including phenoxy) is 1. The highest BCUT2D eigenvalue weighted by atomic mass is 19.4. The van der Waals surface area contributed by atoms with Crippen molar-refractivity contribution in [2.24, 2.45) is 0 Å². The molecular formula is C33H24F10N2O3. The maximum atomic E-state index is 15.1. The number of hydrogen-bond donors (Lipinski definition) is 1. The number of rotatable bonds is 10. The summed E-state index contributed by atoms with van der Waals surface area (Å²) in [6.45, 7) is 0. The molecule has 4 aromatic rings. The molecule has 254 valence electrons. The smallest absolute Gasteiger partial charge is 0.428 e. The van der Waals surface area contributed by atoms with Gasteiger partial charge in [-0.05, 0) is 59.2 Å². The van der Waals surface area contributed by atoms with Gasteiger partial charge >= 0.3 is 18.7 Å². The van der Waals surface area contributed by atoms with Gasteiger partial charge < -0.3 is 15.0 Å². The summed E-state index contributed by atoms with van der Waals surface area (Å²) in [5.74, 6) is -7.47. The van der Waals surface area contributed by atoms with Gasteiger partial charge in [-0.15, -0.1) is 0 Å². The number of amides is 2. The number of hydrogen-bond acceptors (Lipinski definition) is 3. The van der Waals surface area contributed by atoms with Crippen LogP contribution in [0.2, 0.25) is 0 Å². The predicted octanol–water partition coefficient (Wildman–Crippen LogP) is 7.98. The molecule has 0 heterocycles. The molecule has 0 bridgehead atoms. The normalized spacial score (nSPS) is 13.2. The van der Waals surface area contributed by atoms with E-state index in [9.17, 15) is 49.1 Å². The van der Waals surface area contributed by atoms with Gasteiger partial charge in [0.05, 0.1) is 16.7 Å². The number of halogens is 10. The number of nitrogens with one attached hydrogen (secondary N) is 1. The van der Waals surface area contributed by atoms with Crippen molar-refractivity contribution in [1.82, 2.24) is 10.2 Å². The Kier molecular flexibility index (Phi) is 10.1. The molecule has 1 unspecified atom stereocenters. The third kappa shape index (κ3) is 7.72. The zero-order chi connectivity index (χ0) is 35.6. The second kappa shape index (κ2) is 13.6. The maximum Gasteiger partial charge on any atom is 0.461 e. The molecule has 0 aliphatic carbocycles. The van der Waals surface area contributed by atoms with Crippen LogP contribution < -0.4 is 10.1 Å². The van der Waals surface area contributed by atoms with Crippen LogP contribution in [0, 0.1) is 17.5 Å². The van der Waals surface area contributed by atoms with E-state index in [2.05, 4.69) is 10.1 Å². The fraction of sp³-hybridized carbons (Fsp3) is 0.212. The summed E-state index contributed by atoms with van der Waals surface area (Å²) in [5.41, 5.74) is -5.81. The third-order valence-electron chi connectivity index (χ3n) is 7.14. The third-order valence-corrected chi connectivity index (χ3v) is 7.14. The van der Waals surface area contributed by atoms with E-state index in [-0.39, 0.29) is 11.6 Å². The molecule has 1 N–H and O–H groups in total. The highest BCUT2D eigenvalue weighted by molar-refractivity contribution is 5.96. The molecule has 0 spiro atoms. The van der Waals surface area contributed by atoms with Gasteiger partial charge in [0.15, 0.2) is 0 Å². The second-order valence-electron chi connectivity index (χ2n) is 10.7. The fourth-order valence-corrected chi connectivity index (χ4v) is 4.88.